The number of methoxy groups -OCH3 is 1. The highest BCUT2D eigenvalue weighted by molar-refractivity contribution is 7.08. The van der Waals surface area contributed by atoms with Crippen LogP contribution in [0.1, 0.15) is 39.5 Å². The van der Waals surface area contributed by atoms with Crippen LogP contribution >= 0.6 is 11.3 Å². The zero-order chi connectivity index (χ0) is 25.5. The van der Waals surface area contributed by atoms with E-state index in [-0.39, 0.29) is 23.2 Å². The van der Waals surface area contributed by atoms with E-state index < -0.39 is 6.04 Å². The van der Waals surface area contributed by atoms with Crippen molar-refractivity contribution in [3.05, 3.63) is 86.1 Å². The number of hydrogen-bond acceptors (Lipinski definition) is 8. The molecule has 4 rings (SSSR count). The van der Waals surface area contributed by atoms with Crippen molar-refractivity contribution in [2.24, 2.45) is 0 Å². The van der Waals surface area contributed by atoms with Gasteiger partial charge in [-0.05, 0) is 49.7 Å². The minimum absolute atomic E-state index is 0.136. The molecule has 0 spiro atoms. The molecule has 0 radical (unpaired) electrons. The largest absolute Gasteiger partial charge is 0.489 e. The fourth-order valence-electron chi connectivity index (χ4n) is 3.82. The van der Waals surface area contributed by atoms with E-state index in [9.17, 15) is 14.4 Å². The fraction of sp³-hybridized carbons (Fsp3) is 0.269. The molecule has 36 heavy (non-hydrogen) atoms. The van der Waals surface area contributed by atoms with Gasteiger partial charge in [-0.25, -0.2) is 5.10 Å². The monoisotopic (exact) mass is 506 g/mol. The van der Waals surface area contributed by atoms with Crippen LogP contribution in [0.2, 0.25) is 0 Å². The van der Waals surface area contributed by atoms with Gasteiger partial charge in [-0.15, -0.1) is 0 Å². The van der Waals surface area contributed by atoms with Crippen molar-refractivity contribution >= 4 is 34.1 Å². The van der Waals surface area contributed by atoms with Gasteiger partial charge < -0.3 is 14.8 Å². The van der Waals surface area contributed by atoms with Crippen LogP contribution in [-0.4, -0.2) is 40.2 Å². The van der Waals surface area contributed by atoms with Crippen molar-refractivity contribution in [2.75, 3.05) is 7.11 Å². The van der Waals surface area contributed by atoms with Crippen LogP contribution < -0.4 is 14.9 Å². The van der Waals surface area contributed by atoms with E-state index >= 15 is 0 Å². The van der Waals surface area contributed by atoms with Gasteiger partial charge in [0.25, 0.3) is 5.91 Å². The molecule has 0 bridgehead atoms. The van der Waals surface area contributed by atoms with Gasteiger partial charge >= 0.3 is 10.8 Å². The first-order valence-electron chi connectivity index (χ1n) is 11.4. The Kier molecular flexibility index (Phi) is 8.06. The number of H-pyrrole nitrogens is 1. The summed E-state index contributed by atoms with van der Waals surface area (Å²) in [6, 6.07) is 16.4. The van der Waals surface area contributed by atoms with E-state index in [1.54, 1.807) is 24.3 Å². The SMILES string of the molecule is COC(=O)CCC(Cc1n[nH]c(=O)s1)NC(=O)c1ccc(OCc2cc(C)nc3ccccc23)cc1. The first kappa shape index (κ1) is 25.1. The second kappa shape index (κ2) is 11.6. The lowest BCUT2D eigenvalue weighted by Crippen LogP contribution is -2.37. The summed E-state index contributed by atoms with van der Waals surface area (Å²) in [5.41, 5.74) is 3.33. The maximum atomic E-state index is 12.9. The molecule has 2 heterocycles. The van der Waals surface area contributed by atoms with Crippen molar-refractivity contribution < 1.29 is 19.1 Å². The first-order valence-corrected chi connectivity index (χ1v) is 12.2. The average Bonchev–Trinajstić information content (AvgIpc) is 3.30. The Hall–Kier alpha value is -4.05. The number of amides is 1. The Labute approximate surface area is 211 Å². The molecule has 1 amide bonds. The smallest absolute Gasteiger partial charge is 0.322 e. The minimum Gasteiger partial charge on any atom is -0.489 e. The number of carbonyl (C=O) groups is 2. The number of nitrogens with zero attached hydrogens (tertiary/aromatic N) is 2. The second-order valence-electron chi connectivity index (χ2n) is 8.25. The number of aryl methyl sites for hydroxylation is 1. The van der Waals surface area contributed by atoms with E-state index in [0.717, 1.165) is 33.5 Å². The molecule has 0 saturated carbocycles. The molecular weight excluding hydrogens is 480 g/mol. The highest BCUT2D eigenvalue weighted by Crippen LogP contribution is 2.21. The number of aromatic amines is 1. The summed E-state index contributed by atoms with van der Waals surface area (Å²) in [6.07, 6.45) is 0.816. The van der Waals surface area contributed by atoms with Crippen LogP contribution in [0.25, 0.3) is 10.9 Å². The number of aromatic nitrogens is 3. The molecule has 0 aliphatic heterocycles. The van der Waals surface area contributed by atoms with E-state index in [4.69, 9.17) is 9.47 Å². The normalized spacial score (nSPS) is 11.7. The molecular formula is C26H26N4O5S. The summed E-state index contributed by atoms with van der Waals surface area (Å²) in [6.45, 7) is 2.33. The number of pyridine rings is 1. The number of benzene rings is 2. The van der Waals surface area contributed by atoms with Crippen molar-refractivity contribution in [3.63, 3.8) is 0 Å². The Balaban J connectivity index is 1.40. The molecule has 2 aromatic heterocycles. The Morgan fingerprint density at radius 1 is 1.14 bits per heavy atom. The van der Waals surface area contributed by atoms with Gasteiger partial charge in [-0.3, -0.25) is 19.4 Å². The van der Waals surface area contributed by atoms with E-state index in [1.165, 1.54) is 7.11 Å². The Morgan fingerprint density at radius 2 is 1.92 bits per heavy atom. The lowest BCUT2D eigenvalue weighted by molar-refractivity contribution is -0.140. The molecule has 0 aliphatic rings. The van der Waals surface area contributed by atoms with Gasteiger partial charge in [0.05, 0.1) is 12.6 Å². The van der Waals surface area contributed by atoms with Gasteiger partial charge in [0, 0.05) is 41.1 Å². The number of rotatable bonds is 10. The third-order valence-corrected chi connectivity index (χ3v) is 6.37. The van der Waals surface area contributed by atoms with Crippen molar-refractivity contribution in [1.29, 1.82) is 0 Å². The van der Waals surface area contributed by atoms with Crippen LogP contribution in [0.5, 0.6) is 5.75 Å². The quantitative estimate of drug-likeness (QED) is 0.315. The van der Waals surface area contributed by atoms with Crippen LogP contribution in [0.4, 0.5) is 0 Å². The number of nitrogens with one attached hydrogen (secondary N) is 2. The standard InChI is InChI=1S/C26H26N4O5S/c1-16-13-18(21-5-3-4-6-22(21)27-16)15-35-20-10-7-17(8-11-20)25(32)28-19(9-12-24(31)34-2)14-23-29-30-26(33)36-23/h3-8,10-11,13,19H,9,12,14-15H2,1-2H3,(H,28,32)(H,30,33). The molecule has 10 heteroatoms. The predicted molar refractivity (Wildman–Crippen MR) is 136 cm³/mol. The van der Waals surface area contributed by atoms with Crippen LogP contribution in [0.3, 0.4) is 0 Å². The lowest BCUT2D eigenvalue weighted by Gasteiger charge is -2.17. The molecule has 0 fully saturated rings. The van der Waals surface area contributed by atoms with E-state index in [2.05, 4.69) is 20.5 Å². The Bertz CT molecular complexity index is 1410. The number of para-hydroxylation sites is 1. The Morgan fingerprint density at radius 3 is 2.64 bits per heavy atom. The molecule has 1 unspecified atom stereocenters. The van der Waals surface area contributed by atoms with Gasteiger partial charge in [0.2, 0.25) is 0 Å². The van der Waals surface area contributed by atoms with Gasteiger partial charge in [-0.1, -0.05) is 29.5 Å². The topological polar surface area (TPSA) is 123 Å². The third-order valence-electron chi connectivity index (χ3n) is 5.60. The highest BCUT2D eigenvalue weighted by atomic mass is 32.1. The van der Waals surface area contributed by atoms with E-state index in [0.29, 0.717) is 35.8 Å². The molecule has 1 atom stereocenters. The molecule has 2 aromatic carbocycles. The number of ether oxygens (including phenoxy) is 2. The maximum absolute atomic E-state index is 12.9. The molecule has 4 aromatic rings. The number of esters is 1. The highest BCUT2D eigenvalue weighted by Gasteiger charge is 2.18. The van der Waals surface area contributed by atoms with Gasteiger partial charge in [-0.2, -0.15) is 5.10 Å². The fourth-order valence-corrected chi connectivity index (χ4v) is 4.51. The summed E-state index contributed by atoms with van der Waals surface area (Å²) in [4.78, 5) is 40.2. The number of fused-ring (bicyclic) bond motifs is 1. The summed E-state index contributed by atoms with van der Waals surface area (Å²) >= 11 is 0.976. The zero-order valence-corrected chi connectivity index (χ0v) is 20.8. The predicted octanol–water partition coefficient (Wildman–Crippen LogP) is 3.56. The molecule has 2 N–H and O–H groups in total. The van der Waals surface area contributed by atoms with Crippen molar-refractivity contribution in [1.82, 2.24) is 20.5 Å². The molecule has 9 nitrogen and oxygen atoms in total. The third kappa shape index (κ3) is 6.54. The van der Waals surface area contributed by atoms with Crippen molar-refractivity contribution in [2.45, 2.75) is 38.8 Å². The summed E-state index contributed by atoms with van der Waals surface area (Å²) < 4.78 is 10.7. The van der Waals surface area contributed by atoms with Crippen LogP contribution in [0, 0.1) is 6.92 Å². The van der Waals surface area contributed by atoms with E-state index in [1.807, 2.05) is 37.3 Å². The summed E-state index contributed by atoms with van der Waals surface area (Å²) in [7, 11) is 1.32. The lowest BCUT2D eigenvalue weighted by atomic mass is 10.1. The minimum atomic E-state index is -0.394. The average molecular weight is 507 g/mol. The number of hydrogen-bond donors (Lipinski definition) is 2. The van der Waals surface area contributed by atoms with Crippen LogP contribution in [0.15, 0.2) is 59.4 Å². The maximum Gasteiger partial charge on any atom is 0.322 e. The summed E-state index contributed by atoms with van der Waals surface area (Å²) in [5, 5.41) is 10.9. The second-order valence-corrected chi connectivity index (χ2v) is 9.30. The van der Waals surface area contributed by atoms with Crippen LogP contribution in [-0.2, 0) is 22.6 Å². The number of carbonyl (C=O) groups excluding carboxylic acids is 2. The zero-order valence-electron chi connectivity index (χ0n) is 19.9. The van der Waals surface area contributed by atoms with Gasteiger partial charge in [0.1, 0.15) is 17.4 Å². The molecule has 186 valence electrons. The molecule has 0 saturated heterocycles. The first-order chi connectivity index (χ1) is 17.4. The molecule has 0 aliphatic carbocycles. The van der Waals surface area contributed by atoms with Crippen molar-refractivity contribution in [3.8, 4) is 5.75 Å². The van der Waals surface area contributed by atoms with Gasteiger partial charge in [0.15, 0.2) is 0 Å². The summed E-state index contributed by atoms with van der Waals surface area (Å²) in [5.74, 6) is -0.0353.